The molecule has 4 nitrogen and oxygen atoms in total. The Morgan fingerprint density at radius 3 is 2.36 bits per heavy atom. The number of rotatable bonds is 5. The molecular weight excluding hydrogens is 449 g/mol. The molecule has 0 fully saturated rings. The summed E-state index contributed by atoms with van der Waals surface area (Å²) in [7, 11) is 0. The van der Waals surface area contributed by atoms with Gasteiger partial charge in [-0.05, 0) is 60.9 Å². The number of nitrogens with zero attached hydrogens (tertiary/aromatic N) is 1. The number of benzene rings is 2. The van der Waals surface area contributed by atoms with Crippen LogP contribution in [0.5, 0.6) is 5.75 Å². The average molecular weight is 479 g/mol. The Bertz CT molecular complexity index is 985. The molecular formula is C25H29F3N2O2S. The standard InChI is InChI=1S/C21H19F3N2O2S.C4H10/c22-21(23,24)18-12-15(9-10-19(18)28)26-20(29-17-7-2-1-3-8-17)25-13-14-5-4-6-16(27)11-14;1-3-4-2/h1-3,6-12,27-28H,4-5,13H2,(H,25,26);3-4H2,1-2H3. The van der Waals surface area contributed by atoms with E-state index in [1.165, 1.54) is 30.7 Å². The number of phenols is 1. The van der Waals surface area contributed by atoms with Crippen molar-refractivity contribution >= 4 is 22.6 Å². The summed E-state index contributed by atoms with van der Waals surface area (Å²) in [4.78, 5) is 5.37. The van der Waals surface area contributed by atoms with Gasteiger partial charge in [-0.2, -0.15) is 13.2 Å². The number of aliphatic imine (C=N–C) groups is 1. The summed E-state index contributed by atoms with van der Waals surface area (Å²) in [5, 5.41) is 22.5. The van der Waals surface area contributed by atoms with Gasteiger partial charge in [-0.25, -0.2) is 0 Å². The quantitative estimate of drug-likeness (QED) is 0.177. The molecule has 2 aromatic carbocycles. The van der Waals surface area contributed by atoms with Crippen LogP contribution in [0.25, 0.3) is 0 Å². The van der Waals surface area contributed by atoms with Crippen molar-refractivity contribution < 1.29 is 23.4 Å². The molecule has 3 rings (SSSR count). The number of hydrogen-bond donors (Lipinski definition) is 3. The molecule has 33 heavy (non-hydrogen) atoms. The number of anilines is 1. The van der Waals surface area contributed by atoms with Crippen LogP contribution in [0.4, 0.5) is 18.9 Å². The van der Waals surface area contributed by atoms with E-state index >= 15 is 0 Å². The molecule has 178 valence electrons. The number of nitrogens with one attached hydrogen (secondary N) is 1. The van der Waals surface area contributed by atoms with E-state index in [1.807, 2.05) is 30.3 Å². The maximum Gasteiger partial charge on any atom is 0.420 e. The molecule has 0 atom stereocenters. The summed E-state index contributed by atoms with van der Waals surface area (Å²) in [5.74, 6) is -0.633. The number of halogens is 3. The Morgan fingerprint density at radius 1 is 1.06 bits per heavy atom. The largest absolute Gasteiger partial charge is 0.508 e. The van der Waals surface area contributed by atoms with Gasteiger partial charge in [0.15, 0.2) is 5.17 Å². The molecule has 0 amide bonds. The number of aliphatic hydroxyl groups is 1. The van der Waals surface area contributed by atoms with Gasteiger partial charge in [0.25, 0.3) is 0 Å². The van der Waals surface area contributed by atoms with E-state index in [0.717, 1.165) is 29.0 Å². The summed E-state index contributed by atoms with van der Waals surface area (Å²) < 4.78 is 39.2. The number of amidine groups is 1. The minimum Gasteiger partial charge on any atom is -0.508 e. The predicted molar refractivity (Wildman–Crippen MR) is 130 cm³/mol. The summed E-state index contributed by atoms with van der Waals surface area (Å²) in [5.41, 5.74) is -0.0195. The Morgan fingerprint density at radius 2 is 1.76 bits per heavy atom. The molecule has 0 radical (unpaired) electrons. The van der Waals surface area contributed by atoms with Gasteiger partial charge >= 0.3 is 6.18 Å². The van der Waals surface area contributed by atoms with Crippen molar-refractivity contribution in [2.24, 2.45) is 4.99 Å². The minimum atomic E-state index is -4.66. The summed E-state index contributed by atoms with van der Waals surface area (Å²) in [6, 6.07) is 12.5. The molecule has 1 aliphatic rings. The Kier molecular flexibility index (Phi) is 10.4. The first-order chi connectivity index (χ1) is 15.7. The lowest BCUT2D eigenvalue weighted by atomic mass is 10.0. The van der Waals surface area contributed by atoms with Gasteiger partial charge in [0.05, 0.1) is 12.1 Å². The van der Waals surface area contributed by atoms with E-state index in [2.05, 4.69) is 24.2 Å². The summed E-state index contributed by atoms with van der Waals surface area (Å²) in [6.45, 7) is 4.67. The first kappa shape index (κ1) is 26.4. The highest BCUT2D eigenvalue weighted by Gasteiger charge is 2.34. The van der Waals surface area contributed by atoms with Gasteiger partial charge in [0.2, 0.25) is 0 Å². The van der Waals surface area contributed by atoms with Crippen LogP contribution in [0.1, 0.15) is 45.1 Å². The van der Waals surface area contributed by atoms with Crippen LogP contribution in [0.15, 0.2) is 81.9 Å². The predicted octanol–water partition coefficient (Wildman–Crippen LogP) is 7.94. The normalized spacial score (nSPS) is 14.0. The van der Waals surface area contributed by atoms with Gasteiger partial charge in [-0.15, -0.1) is 0 Å². The lowest BCUT2D eigenvalue weighted by molar-refractivity contribution is -0.138. The van der Waals surface area contributed by atoms with E-state index in [4.69, 9.17) is 0 Å². The van der Waals surface area contributed by atoms with E-state index < -0.39 is 17.5 Å². The molecule has 0 heterocycles. The summed E-state index contributed by atoms with van der Waals surface area (Å²) >= 11 is 1.28. The molecule has 0 aliphatic heterocycles. The van der Waals surface area contributed by atoms with E-state index in [-0.39, 0.29) is 11.4 Å². The van der Waals surface area contributed by atoms with Gasteiger partial charge in [0.1, 0.15) is 11.5 Å². The molecule has 8 heteroatoms. The Labute approximate surface area is 197 Å². The lowest BCUT2D eigenvalue weighted by Crippen LogP contribution is -2.11. The zero-order valence-corrected chi connectivity index (χ0v) is 19.5. The highest BCUT2D eigenvalue weighted by Crippen LogP contribution is 2.37. The zero-order chi connectivity index (χ0) is 24.3. The maximum absolute atomic E-state index is 13.1. The number of hydrogen-bond acceptors (Lipinski definition) is 4. The van der Waals surface area contributed by atoms with E-state index in [0.29, 0.717) is 18.1 Å². The molecule has 0 saturated carbocycles. The third-order valence-corrected chi connectivity index (χ3v) is 5.54. The van der Waals surface area contributed by atoms with Crippen LogP contribution < -0.4 is 5.32 Å². The number of aromatic hydroxyl groups is 1. The van der Waals surface area contributed by atoms with Crippen LogP contribution >= 0.6 is 11.8 Å². The Balaban J connectivity index is 0.000000890. The van der Waals surface area contributed by atoms with Crippen molar-refractivity contribution in [2.45, 2.75) is 50.6 Å². The van der Waals surface area contributed by atoms with Crippen LogP contribution in [0.3, 0.4) is 0 Å². The molecule has 0 aromatic heterocycles. The number of aliphatic hydroxyl groups excluding tert-OH is 1. The zero-order valence-electron chi connectivity index (χ0n) is 18.7. The molecule has 0 bridgehead atoms. The van der Waals surface area contributed by atoms with E-state index in [1.54, 1.807) is 12.2 Å². The van der Waals surface area contributed by atoms with Crippen molar-refractivity contribution in [1.82, 2.24) is 0 Å². The number of thioether (sulfide) groups is 1. The second-order valence-electron chi connectivity index (χ2n) is 7.36. The second-order valence-corrected chi connectivity index (χ2v) is 8.42. The van der Waals surface area contributed by atoms with Crippen molar-refractivity contribution in [2.75, 3.05) is 11.9 Å². The first-order valence-electron chi connectivity index (χ1n) is 10.8. The second kappa shape index (κ2) is 13.0. The minimum absolute atomic E-state index is 0.165. The van der Waals surface area contributed by atoms with Crippen molar-refractivity contribution in [1.29, 1.82) is 0 Å². The van der Waals surface area contributed by atoms with Crippen molar-refractivity contribution in [3.63, 3.8) is 0 Å². The van der Waals surface area contributed by atoms with Crippen molar-refractivity contribution in [3.05, 3.63) is 77.6 Å². The maximum atomic E-state index is 13.1. The molecule has 3 N–H and O–H groups in total. The number of allylic oxidation sites excluding steroid dienone is 2. The number of alkyl halides is 3. The highest BCUT2D eigenvalue weighted by molar-refractivity contribution is 8.14. The topological polar surface area (TPSA) is 64.9 Å². The average Bonchev–Trinajstić information content (AvgIpc) is 2.79. The SMILES string of the molecule is CCCC.OC1=CCCC(CN=C(Nc2ccc(O)c(C(F)(F)F)c2)Sc2ccccc2)=C1. The monoisotopic (exact) mass is 478 g/mol. The van der Waals surface area contributed by atoms with Crippen LogP contribution in [0.2, 0.25) is 0 Å². The van der Waals surface area contributed by atoms with Gasteiger partial charge in [0, 0.05) is 10.6 Å². The summed E-state index contributed by atoms with van der Waals surface area (Å²) in [6.07, 6.45) is 2.83. The molecule has 2 aromatic rings. The van der Waals surface area contributed by atoms with Crippen LogP contribution in [-0.4, -0.2) is 21.9 Å². The fourth-order valence-electron chi connectivity index (χ4n) is 2.71. The molecule has 0 unspecified atom stereocenters. The first-order valence-corrected chi connectivity index (χ1v) is 11.6. The van der Waals surface area contributed by atoms with Crippen LogP contribution in [0, 0.1) is 0 Å². The smallest absolute Gasteiger partial charge is 0.420 e. The van der Waals surface area contributed by atoms with E-state index in [9.17, 15) is 23.4 Å². The highest BCUT2D eigenvalue weighted by atomic mass is 32.2. The molecule has 1 aliphatic carbocycles. The molecule has 0 spiro atoms. The lowest BCUT2D eigenvalue weighted by Gasteiger charge is -2.14. The third kappa shape index (κ3) is 9.26. The van der Waals surface area contributed by atoms with Gasteiger partial charge in [-0.1, -0.05) is 56.7 Å². The van der Waals surface area contributed by atoms with Crippen LogP contribution in [-0.2, 0) is 6.18 Å². The van der Waals surface area contributed by atoms with Gasteiger partial charge in [-0.3, -0.25) is 4.99 Å². The Hall–Kier alpha value is -2.87. The number of phenolic OH excluding ortho intramolecular Hbond substituents is 1. The molecule has 0 saturated heterocycles. The fourth-order valence-corrected chi connectivity index (χ4v) is 3.52. The fraction of sp³-hybridized carbons (Fsp3) is 0.320. The third-order valence-electron chi connectivity index (χ3n) is 4.61. The number of unbranched alkanes of at least 4 members (excludes halogenated alkanes) is 1. The van der Waals surface area contributed by atoms with Gasteiger partial charge < -0.3 is 15.5 Å². The van der Waals surface area contributed by atoms with Crippen molar-refractivity contribution in [3.8, 4) is 5.75 Å².